The molecule has 15 heavy (non-hydrogen) atoms. The van der Waals surface area contributed by atoms with Crippen molar-refractivity contribution in [2.24, 2.45) is 0 Å². The summed E-state index contributed by atoms with van der Waals surface area (Å²) in [4.78, 5) is 15.2. The third-order valence-corrected chi connectivity index (χ3v) is 3.34. The van der Waals surface area contributed by atoms with Gasteiger partial charge >= 0.3 is 0 Å². The summed E-state index contributed by atoms with van der Waals surface area (Å²) in [6.07, 6.45) is 2.77. The highest BCUT2D eigenvalue weighted by Gasteiger charge is 2.22. The molecule has 1 atom stereocenters. The molecule has 0 saturated carbocycles. The average molecular weight is 225 g/mol. The largest absolute Gasteiger partial charge is 0.298 e. The molecule has 2 nitrogen and oxygen atoms in total. The van der Waals surface area contributed by atoms with Gasteiger partial charge in [0.2, 0.25) is 0 Å². The number of likely N-dealkylation sites (N-methyl/N-ethyl adjacent to an activating group) is 1. The van der Waals surface area contributed by atoms with Gasteiger partial charge in [-0.25, -0.2) is 0 Å². The summed E-state index contributed by atoms with van der Waals surface area (Å²) in [6, 6.07) is 4.00. The van der Waals surface area contributed by atoms with Gasteiger partial charge < -0.3 is 0 Å². The van der Waals surface area contributed by atoms with Crippen LogP contribution in [0.3, 0.4) is 0 Å². The van der Waals surface area contributed by atoms with Crippen LogP contribution in [0, 0.1) is 0 Å². The normalized spacial score (nSPS) is 13.1. The van der Waals surface area contributed by atoms with E-state index in [1.807, 2.05) is 36.5 Å². The Morgan fingerprint density at radius 3 is 2.73 bits per heavy atom. The van der Waals surface area contributed by atoms with Gasteiger partial charge in [0.1, 0.15) is 6.04 Å². The van der Waals surface area contributed by atoms with Gasteiger partial charge in [0.15, 0.2) is 5.78 Å². The number of carbonyl (C=O) groups is 1. The minimum atomic E-state index is -0.0449. The predicted molar refractivity (Wildman–Crippen MR) is 65.3 cm³/mol. The molecule has 0 N–H and O–H groups in total. The molecule has 1 aromatic heterocycles. The van der Waals surface area contributed by atoms with Crippen molar-refractivity contribution in [2.45, 2.75) is 32.2 Å². The quantitative estimate of drug-likeness (QED) is 0.741. The van der Waals surface area contributed by atoms with Crippen LogP contribution in [0.5, 0.6) is 0 Å². The van der Waals surface area contributed by atoms with E-state index in [0.29, 0.717) is 12.2 Å². The van der Waals surface area contributed by atoms with Gasteiger partial charge in [-0.15, -0.1) is 11.3 Å². The van der Waals surface area contributed by atoms with E-state index in [2.05, 4.69) is 6.92 Å². The summed E-state index contributed by atoms with van der Waals surface area (Å²) in [6.45, 7) is 2.11. The van der Waals surface area contributed by atoms with E-state index in [-0.39, 0.29) is 6.04 Å². The highest BCUT2D eigenvalue weighted by Crippen LogP contribution is 2.25. The maximum atomic E-state index is 12.0. The molecule has 0 radical (unpaired) electrons. The topological polar surface area (TPSA) is 20.3 Å². The zero-order valence-electron chi connectivity index (χ0n) is 9.69. The zero-order valence-corrected chi connectivity index (χ0v) is 10.5. The molecule has 0 amide bonds. The van der Waals surface area contributed by atoms with Crippen LogP contribution in [0.1, 0.15) is 37.1 Å². The minimum absolute atomic E-state index is 0.0449. The smallest absolute Gasteiger partial charge is 0.155 e. The Bertz CT molecular complexity index is 293. The standard InChI is InChI=1S/C12H19NOS/c1-4-5-7-10(14)12(13(2)3)11-8-6-9-15-11/h6,8-9,12H,4-5,7H2,1-3H3. The van der Waals surface area contributed by atoms with Crippen molar-refractivity contribution in [1.29, 1.82) is 0 Å². The summed E-state index contributed by atoms with van der Waals surface area (Å²) in [7, 11) is 3.93. The Morgan fingerprint density at radius 2 is 2.27 bits per heavy atom. The second-order valence-corrected chi connectivity index (χ2v) is 4.93. The fourth-order valence-corrected chi connectivity index (χ4v) is 2.58. The predicted octanol–water partition coefficient (Wildman–Crippen LogP) is 3.11. The molecule has 0 spiro atoms. The maximum Gasteiger partial charge on any atom is 0.155 e. The first-order valence-electron chi connectivity index (χ1n) is 5.39. The molecule has 0 saturated heterocycles. The first kappa shape index (κ1) is 12.4. The Labute approximate surface area is 95.9 Å². The van der Waals surface area contributed by atoms with Crippen LogP contribution >= 0.6 is 11.3 Å². The molecular formula is C12H19NOS. The van der Waals surface area contributed by atoms with Gasteiger partial charge in [-0.3, -0.25) is 9.69 Å². The molecule has 84 valence electrons. The maximum absolute atomic E-state index is 12.0. The lowest BCUT2D eigenvalue weighted by molar-refractivity contribution is -0.123. The Balaban J connectivity index is 2.71. The lowest BCUT2D eigenvalue weighted by Crippen LogP contribution is -2.26. The van der Waals surface area contributed by atoms with E-state index in [1.165, 1.54) is 0 Å². The molecule has 1 aromatic rings. The Hall–Kier alpha value is -0.670. The molecule has 0 aliphatic heterocycles. The van der Waals surface area contributed by atoms with Gasteiger partial charge in [-0.05, 0) is 32.0 Å². The molecule has 1 rings (SSSR count). The van der Waals surface area contributed by atoms with E-state index < -0.39 is 0 Å². The number of nitrogens with zero attached hydrogens (tertiary/aromatic N) is 1. The number of hydrogen-bond acceptors (Lipinski definition) is 3. The lowest BCUT2D eigenvalue weighted by Gasteiger charge is -2.21. The molecule has 1 unspecified atom stereocenters. The average Bonchev–Trinajstić information content (AvgIpc) is 2.67. The van der Waals surface area contributed by atoms with Crippen molar-refractivity contribution in [1.82, 2.24) is 4.90 Å². The summed E-state index contributed by atoms with van der Waals surface area (Å²) in [5.74, 6) is 0.337. The van der Waals surface area contributed by atoms with Crippen LogP contribution in [-0.2, 0) is 4.79 Å². The fourth-order valence-electron chi connectivity index (χ4n) is 1.64. The van der Waals surface area contributed by atoms with Crippen LogP contribution in [0.15, 0.2) is 17.5 Å². The second kappa shape index (κ2) is 6.03. The first-order chi connectivity index (χ1) is 7.16. The molecule has 0 aliphatic carbocycles. The van der Waals surface area contributed by atoms with Gasteiger partial charge in [0.25, 0.3) is 0 Å². The molecule has 0 fully saturated rings. The van der Waals surface area contributed by atoms with E-state index in [4.69, 9.17) is 0 Å². The summed E-state index contributed by atoms with van der Waals surface area (Å²) in [5, 5.41) is 2.03. The third-order valence-electron chi connectivity index (χ3n) is 2.41. The van der Waals surface area contributed by atoms with Crippen molar-refractivity contribution < 1.29 is 4.79 Å². The number of ketones is 1. The molecule has 1 heterocycles. The van der Waals surface area contributed by atoms with Gasteiger partial charge in [0.05, 0.1) is 0 Å². The van der Waals surface area contributed by atoms with Crippen LogP contribution in [0.4, 0.5) is 0 Å². The SMILES string of the molecule is CCCCC(=O)C(c1cccs1)N(C)C. The number of Topliss-reactive ketones (excluding diaryl/α,β-unsaturated/α-hetero) is 1. The molecule has 0 aromatic carbocycles. The van der Waals surface area contributed by atoms with Crippen molar-refractivity contribution in [3.8, 4) is 0 Å². The van der Waals surface area contributed by atoms with E-state index in [0.717, 1.165) is 17.7 Å². The van der Waals surface area contributed by atoms with Gasteiger partial charge in [0, 0.05) is 11.3 Å². The number of thiophene rings is 1. The third kappa shape index (κ3) is 3.43. The first-order valence-corrected chi connectivity index (χ1v) is 6.27. The summed E-state index contributed by atoms with van der Waals surface area (Å²) in [5.41, 5.74) is 0. The van der Waals surface area contributed by atoms with Crippen LogP contribution in [0.2, 0.25) is 0 Å². The number of carbonyl (C=O) groups excluding carboxylic acids is 1. The molecular weight excluding hydrogens is 206 g/mol. The summed E-state index contributed by atoms with van der Waals surface area (Å²) >= 11 is 1.66. The fraction of sp³-hybridized carbons (Fsp3) is 0.583. The Morgan fingerprint density at radius 1 is 1.53 bits per heavy atom. The van der Waals surface area contributed by atoms with Crippen molar-refractivity contribution in [3.63, 3.8) is 0 Å². The number of unbranched alkanes of at least 4 members (excludes halogenated alkanes) is 1. The Kier molecular flexibility index (Phi) is 4.99. The minimum Gasteiger partial charge on any atom is -0.298 e. The molecule has 0 aliphatic rings. The van der Waals surface area contributed by atoms with Gasteiger partial charge in [-0.1, -0.05) is 19.4 Å². The van der Waals surface area contributed by atoms with E-state index >= 15 is 0 Å². The van der Waals surface area contributed by atoms with Crippen LogP contribution in [-0.4, -0.2) is 24.8 Å². The van der Waals surface area contributed by atoms with Crippen LogP contribution < -0.4 is 0 Å². The summed E-state index contributed by atoms with van der Waals surface area (Å²) < 4.78 is 0. The van der Waals surface area contributed by atoms with E-state index in [1.54, 1.807) is 11.3 Å². The van der Waals surface area contributed by atoms with Crippen molar-refractivity contribution in [3.05, 3.63) is 22.4 Å². The second-order valence-electron chi connectivity index (χ2n) is 3.95. The number of rotatable bonds is 6. The number of hydrogen-bond donors (Lipinski definition) is 0. The molecule has 0 bridgehead atoms. The monoisotopic (exact) mass is 225 g/mol. The lowest BCUT2D eigenvalue weighted by atomic mass is 10.0. The van der Waals surface area contributed by atoms with Crippen molar-refractivity contribution >= 4 is 17.1 Å². The van der Waals surface area contributed by atoms with E-state index in [9.17, 15) is 4.79 Å². The molecule has 3 heteroatoms. The highest BCUT2D eigenvalue weighted by atomic mass is 32.1. The van der Waals surface area contributed by atoms with Crippen molar-refractivity contribution in [2.75, 3.05) is 14.1 Å². The zero-order chi connectivity index (χ0) is 11.3. The van der Waals surface area contributed by atoms with Crippen LogP contribution in [0.25, 0.3) is 0 Å². The van der Waals surface area contributed by atoms with Gasteiger partial charge in [-0.2, -0.15) is 0 Å². The highest BCUT2D eigenvalue weighted by molar-refractivity contribution is 7.10.